The van der Waals surface area contributed by atoms with Crippen LogP contribution in [0.3, 0.4) is 0 Å². The van der Waals surface area contributed by atoms with Crippen molar-refractivity contribution in [2.24, 2.45) is 0 Å². The van der Waals surface area contributed by atoms with Gasteiger partial charge in [0.05, 0.1) is 18.8 Å². The van der Waals surface area contributed by atoms with Crippen LogP contribution in [0.4, 0.5) is 0 Å². The Labute approximate surface area is 149 Å². The Morgan fingerprint density at radius 3 is 2.58 bits per heavy atom. The molecule has 1 saturated heterocycles. The largest absolute Gasteiger partial charge is 0.478 e. The summed E-state index contributed by atoms with van der Waals surface area (Å²) in [5, 5.41) is 18.6. The number of nitriles is 1. The van der Waals surface area contributed by atoms with Crippen LogP contribution in [0.5, 0.6) is 0 Å². The highest BCUT2D eigenvalue weighted by atomic mass is 16.5. The molecule has 0 saturated carbocycles. The maximum absolute atomic E-state index is 12.4. The fourth-order valence-corrected chi connectivity index (χ4v) is 2.68. The molecule has 1 aromatic carbocycles. The zero-order valence-electron chi connectivity index (χ0n) is 13.8. The van der Waals surface area contributed by atoms with Crippen LogP contribution in [0, 0.1) is 11.3 Å². The first-order chi connectivity index (χ1) is 12.6. The van der Waals surface area contributed by atoms with Crippen LogP contribution in [0.1, 0.15) is 16.1 Å². The Kier molecular flexibility index (Phi) is 5.15. The van der Waals surface area contributed by atoms with Crippen molar-refractivity contribution in [3.63, 3.8) is 0 Å². The molecule has 0 radical (unpaired) electrons. The normalized spacial score (nSPS) is 14.7. The quantitative estimate of drug-likeness (QED) is 0.669. The first-order valence-electron chi connectivity index (χ1n) is 8.01. The van der Waals surface area contributed by atoms with E-state index in [0.29, 0.717) is 43.4 Å². The van der Waals surface area contributed by atoms with Crippen LogP contribution in [0.25, 0.3) is 17.4 Å². The van der Waals surface area contributed by atoms with Crippen molar-refractivity contribution in [3.05, 3.63) is 53.3 Å². The maximum atomic E-state index is 12.4. The molecule has 0 bridgehead atoms. The van der Waals surface area contributed by atoms with Gasteiger partial charge in [-0.3, -0.25) is 4.79 Å². The van der Waals surface area contributed by atoms with Gasteiger partial charge in [0.15, 0.2) is 0 Å². The molecule has 1 fully saturated rings. The van der Waals surface area contributed by atoms with E-state index in [2.05, 4.69) is 0 Å². The third-order valence-electron chi connectivity index (χ3n) is 3.99. The molecule has 0 atom stereocenters. The number of carbonyl (C=O) groups excluding carboxylic acids is 1. The van der Waals surface area contributed by atoms with Gasteiger partial charge in [0.1, 0.15) is 23.2 Å². The summed E-state index contributed by atoms with van der Waals surface area (Å²) in [6, 6.07) is 11.6. The zero-order valence-corrected chi connectivity index (χ0v) is 13.8. The number of furan rings is 1. The minimum Gasteiger partial charge on any atom is -0.478 e. The number of aromatic carboxylic acids is 1. The van der Waals surface area contributed by atoms with E-state index in [4.69, 9.17) is 9.15 Å². The number of amides is 1. The van der Waals surface area contributed by atoms with Gasteiger partial charge in [0.25, 0.3) is 5.91 Å². The van der Waals surface area contributed by atoms with Crippen molar-refractivity contribution in [1.29, 1.82) is 5.26 Å². The van der Waals surface area contributed by atoms with Crippen LogP contribution >= 0.6 is 0 Å². The molecule has 2 heterocycles. The fourth-order valence-electron chi connectivity index (χ4n) is 2.68. The van der Waals surface area contributed by atoms with E-state index in [-0.39, 0.29) is 17.0 Å². The number of rotatable bonds is 4. The van der Waals surface area contributed by atoms with Crippen LogP contribution in [0.2, 0.25) is 0 Å². The van der Waals surface area contributed by atoms with Crippen LogP contribution < -0.4 is 0 Å². The molecule has 1 aliphatic rings. The lowest BCUT2D eigenvalue weighted by molar-refractivity contribution is -0.130. The fraction of sp³-hybridized carbons (Fsp3) is 0.211. The summed E-state index contributed by atoms with van der Waals surface area (Å²) in [7, 11) is 0. The Hall–Kier alpha value is -3.37. The molecule has 1 aromatic heterocycles. The third kappa shape index (κ3) is 3.66. The van der Waals surface area contributed by atoms with Crippen LogP contribution in [-0.4, -0.2) is 48.2 Å². The summed E-state index contributed by atoms with van der Waals surface area (Å²) >= 11 is 0. The average molecular weight is 352 g/mol. The summed E-state index contributed by atoms with van der Waals surface area (Å²) in [5.41, 5.74) is 0.499. The second-order valence-corrected chi connectivity index (χ2v) is 5.63. The monoisotopic (exact) mass is 352 g/mol. The molecule has 1 amide bonds. The number of hydrogen-bond acceptors (Lipinski definition) is 5. The highest BCUT2D eigenvalue weighted by Crippen LogP contribution is 2.27. The molecule has 0 unspecified atom stereocenters. The molecule has 2 aromatic rings. The van der Waals surface area contributed by atoms with Crippen molar-refractivity contribution in [3.8, 4) is 17.4 Å². The summed E-state index contributed by atoms with van der Waals surface area (Å²) in [4.78, 5) is 25.3. The molecule has 7 heteroatoms. The van der Waals surface area contributed by atoms with E-state index < -0.39 is 5.97 Å². The minimum atomic E-state index is -1.06. The van der Waals surface area contributed by atoms with Crippen molar-refractivity contribution in [2.75, 3.05) is 26.3 Å². The second kappa shape index (κ2) is 7.68. The van der Waals surface area contributed by atoms with Crippen LogP contribution in [-0.2, 0) is 9.53 Å². The summed E-state index contributed by atoms with van der Waals surface area (Å²) in [6.07, 6.45) is 1.37. The van der Waals surface area contributed by atoms with Gasteiger partial charge in [-0.25, -0.2) is 4.79 Å². The zero-order chi connectivity index (χ0) is 18.5. The molecule has 1 aliphatic heterocycles. The lowest BCUT2D eigenvalue weighted by atomic mass is 10.1. The van der Waals surface area contributed by atoms with Crippen molar-refractivity contribution < 1.29 is 23.8 Å². The average Bonchev–Trinajstić information content (AvgIpc) is 3.14. The molecule has 132 valence electrons. The topological polar surface area (TPSA) is 104 Å². The molecule has 7 nitrogen and oxygen atoms in total. The summed E-state index contributed by atoms with van der Waals surface area (Å²) in [5.74, 6) is -0.780. The minimum absolute atomic E-state index is 0.0423. The smallest absolute Gasteiger partial charge is 0.336 e. The second-order valence-electron chi connectivity index (χ2n) is 5.63. The molecule has 26 heavy (non-hydrogen) atoms. The van der Waals surface area contributed by atoms with Crippen molar-refractivity contribution in [2.45, 2.75) is 0 Å². The van der Waals surface area contributed by atoms with Gasteiger partial charge in [0.2, 0.25) is 0 Å². The van der Waals surface area contributed by atoms with E-state index in [1.54, 1.807) is 35.2 Å². The molecule has 0 aliphatic carbocycles. The first kappa shape index (κ1) is 17.5. The number of carboxylic acid groups (broad SMARTS) is 1. The van der Waals surface area contributed by atoms with E-state index in [0.717, 1.165) is 0 Å². The number of benzene rings is 1. The number of hydrogen-bond donors (Lipinski definition) is 1. The maximum Gasteiger partial charge on any atom is 0.336 e. The van der Waals surface area contributed by atoms with E-state index in [9.17, 15) is 20.0 Å². The van der Waals surface area contributed by atoms with Crippen LogP contribution in [0.15, 0.2) is 46.4 Å². The van der Waals surface area contributed by atoms with Gasteiger partial charge in [0, 0.05) is 24.7 Å². The lowest BCUT2D eigenvalue weighted by Crippen LogP contribution is -2.41. The first-order valence-corrected chi connectivity index (χ1v) is 8.01. The Balaban J connectivity index is 1.87. The number of nitrogens with zero attached hydrogens (tertiary/aromatic N) is 2. The summed E-state index contributed by atoms with van der Waals surface area (Å²) < 4.78 is 10.8. The third-order valence-corrected chi connectivity index (χ3v) is 3.99. The van der Waals surface area contributed by atoms with Crippen molar-refractivity contribution >= 4 is 18.0 Å². The molecule has 0 spiro atoms. The summed E-state index contributed by atoms with van der Waals surface area (Å²) in [6.45, 7) is 1.77. The molecular weight excluding hydrogens is 336 g/mol. The Bertz CT molecular complexity index is 901. The Morgan fingerprint density at radius 2 is 1.88 bits per heavy atom. The predicted molar refractivity (Wildman–Crippen MR) is 92.1 cm³/mol. The molecule has 1 N–H and O–H groups in total. The molecule has 3 rings (SSSR count). The van der Waals surface area contributed by atoms with Gasteiger partial charge < -0.3 is 19.2 Å². The molecular formula is C19H16N2O5. The van der Waals surface area contributed by atoms with Gasteiger partial charge in [-0.05, 0) is 18.2 Å². The predicted octanol–water partition coefficient (Wildman–Crippen LogP) is 2.41. The van der Waals surface area contributed by atoms with Gasteiger partial charge in [-0.2, -0.15) is 5.26 Å². The highest BCUT2D eigenvalue weighted by molar-refractivity contribution is 6.01. The van der Waals surface area contributed by atoms with E-state index >= 15 is 0 Å². The number of carbonyl (C=O) groups is 2. The Morgan fingerprint density at radius 1 is 1.15 bits per heavy atom. The number of carboxylic acids is 1. The number of morpholine rings is 1. The van der Waals surface area contributed by atoms with Gasteiger partial charge in [-0.15, -0.1) is 0 Å². The SMILES string of the molecule is N#CC(=Cc1ccc(-c2ccccc2C(=O)O)o1)C(=O)N1CCOCC1. The van der Waals surface area contributed by atoms with Crippen molar-refractivity contribution in [1.82, 2.24) is 4.90 Å². The lowest BCUT2D eigenvalue weighted by Gasteiger charge is -2.26. The van der Waals surface area contributed by atoms with Gasteiger partial charge in [-0.1, -0.05) is 18.2 Å². The highest BCUT2D eigenvalue weighted by Gasteiger charge is 2.21. The van der Waals surface area contributed by atoms with E-state index in [1.165, 1.54) is 12.1 Å². The van der Waals surface area contributed by atoms with Gasteiger partial charge >= 0.3 is 5.97 Å². The van der Waals surface area contributed by atoms with E-state index in [1.807, 2.05) is 6.07 Å². The number of ether oxygens (including phenoxy) is 1. The standard InChI is InChI=1S/C19H16N2O5/c20-12-13(18(22)21-7-9-25-10-8-21)11-14-5-6-17(26-14)15-3-1-2-4-16(15)19(23)24/h1-6,11H,7-10H2,(H,23,24).